The monoisotopic (exact) mass is 217 g/mol. The zero-order valence-electron chi connectivity index (χ0n) is 8.31. The van der Waals surface area contributed by atoms with E-state index in [1.165, 1.54) is 0 Å². The number of carbonyl (C=O) groups excluding carboxylic acids is 1. The number of ether oxygens (including phenoxy) is 1. The Bertz CT molecular complexity index is 273. The molecule has 1 unspecified atom stereocenters. The molecule has 0 N–H and O–H groups in total. The molecule has 1 amide bonds. The number of terminal acetylenes is 1. The van der Waals surface area contributed by atoms with Crippen molar-refractivity contribution in [3.05, 3.63) is 0 Å². The second-order valence-electron chi connectivity index (χ2n) is 2.99. The van der Waals surface area contributed by atoms with E-state index in [0.29, 0.717) is 6.61 Å². The molecule has 1 fully saturated rings. The van der Waals surface area contributed by atoms with Crippen LogP contribution in [0.2, 0.25) is 0 Å². The van der Waals surface area contributed by atoms with E-state index in [2.05, 4.69) is 5.66 Å². The van der Waals surface area contributed by atoms with Crippen LogP contribution >= 0.6 is 8.38 Å². The van der Waals surface area contributed by atoms with Gasteiger partial charge in [0.15, 0.2) is 0 Å². The summed E-state index contributed by atoms with van der Waals surface area (Å²) in [5.74, 6) is 0. The molecule has 5 nitrogen and oxygen atoms in total. The van der Waals surface area contributed by atoms with Gasteiger partial charge in [0.25, 0.3) is 8.38 Å². The van der Waals surface area contributed by atoms with Crippen molar-refractivity contribution in [2.75, 3.05) is 6.61 Å². The quantitative estimate of drug-likeness (QED) is 0.534. The third-order valence-corrected chi connectivity index (χ3v) is 2.51. The van der Waals surface area contributed by atoms with Crippen molar-refractivity contribution in [2.45, 2.75) is 26.5 Å². The van der Waals surface area contributed by atoms with Crippen LogP contribution in [0.5, 0.6) is 0 Å². The van der Waals surface area contributed by atoms with E-state index in [0.717, 1.165) is 5.06 Å². The number of carbonyl (C=O) groups is 1. The molecule has 1 saturated heterocycles. The Morgan fingerprint density at radius 3 is 2.71 bits per heavy atom. The molecule has 0 aliphatic carbocycles. The van der Waals surface area contributed by atoms with Crippen molar-refractivity contribution in [3.8, 4) is 12.1 Å². The van der Waals surface area contributed by atoms with Gasteiger partial charge in [-0.25, -0.2) is 4.79 Å². The van der Waals surface area contributed by atoms with Gasteiger partial charge in [-0.2, -0.15) is 4.62 Å². The highest BCUT2D eigenvalue weighted by Gasteiger charge is 2.49. The third kappa shape index (κ3) is 2.16. The van der Waals surface area contributed by atoms with Gasteiger partial charge in [-0.1, -0.05) is 0 Å². The second kappa shape index (κ2) is 4.14. The van der Waals surface area contributed by atoms with Crippen molar-refractivity contribution < 1.29 is 18.7 Å². The Hall–Kier alpha value is -0.820. The van der Waals surface area contributed by atoms with Gasteiger partial charge in [0.2, 0.25) is 5.72 Å². The standard InChI is InChI=1S/C8H12NO4P/c1-5-11-14(6-2)13-9-7(10)12-8(9,3)4/h2H,5H2,1,3-4H3. The fourth-order valence-corrected chi connectivity index (χ4v) is 1.70. The molecular weight excluding hydrogens is 205 g/mol. The molecule has 1 aliphatic heterocycles. The molecule has 0 saturated carbocycles. The molecule has 6 heteroatoms. The molecule has 1 heterocycles. The van der Waals surface area contributed by atoms with E-state index in [-0.39, 0.29) is 0 Å². The highest BCUT2D eigenvalue weighted by molar-refractivity contribution is 7.52. The first kappa shape index (κ1) is 11.3. The Morgan fingerprint density at radius 2 is 2.36 bits per heavy atom. The van der Waals surface area contributed by atoms with E-state index >= 15 is 0 Å². The van der Waals surface area contributed by atoms with Crippen molar-refractivity contribution in [1.82, 2.24) is 5.06 Å². The maximum atomic E-state index is 11.0. The summed E-state index contributed by atoms with van der Waals surface area (Å²) in [5.41, 5.74) is 1.57. The minimum absolute atomic E-state index is 0.444. The van der Waals surface area contributed by atoms with Gasteiger partial charge in [-0.05, 0) is 26.4 Å². The van der Waals surface area contributed by atoms with Crippen molar-refractivity contribution >= 4 is 14.5 Å². The molecule has 0 bridgehead atoms. The lowest BCUT2D eigenvalue weighted by atomic mass is 10.3. The predicted octanol–water partition coefficient (Wildman–Crippen LogP) is 2.05. The van der Waals surface area contributed by atoms with Gasteiger partial charge < -0.3 is 9.26 Å². The molecule has 1 rings (SSSR count). The minimum Gasteiger partial charge on any atom is -0.419 e. The number of hydroxylamine groups is 2. The smallest absolute Gasteiger partial charge is 0.419 e. The molecule has 0 radical (unpaired) electrons. The number of hydrogen-bond acceptors (Lipinski definition) is 4. The fourth-order valence-electron chi connectivity index (χ4n) is 0.885. The number of nitrogens with zero attached hydrogens (tertiary/aromatic N) is 1. The van der Waals surface area contributed by atoms with Crippen LogP contribution in [-0.4, -0.2) is 23.5 Å². The van der Waals surface area contributed by atoms with Crippen molar-refractivity contribution in [2.24, 2.45) is 0 Å². The minimum atomic E-state index is -1.48. The Kier molecular flexibility index (Phi) is 3.33. The average molecular weight is 217 g/mol. The molecular formula is C8H12NO4P. The van der Waals surface area contributed by atoms with Gasteiger partial charge in [0.05, 0.1) is 6.61 Å². The molecule has 0 aromatic heterocycles. The molecule has 0 aromatic rings. The van der Waals surface area contributed by atoms with Crippen LogP contribution in [0.3, 0.4) is 0 Å². The summed E-state index contributed by atoms with van der Waals surface area (Å²) >= 11 is 0. The van der Waals surface area contributed by atoms with E-state index in [1.54, 1.807) is 20.8 Å². The second-order valence-corrected chi connectivity index (χ2v) is 4.19. The van der Waals surface area contributed by atoms with Gasteiger partial charge in [0, 0.05) is 0 Å². The lowest BCUT2D eigenvalue weighted by molar-refractivity contribution is -0.274. The summed E-state index contributed by atoms with van der Waals surface area (Å²) in [6.07, 6.45) is 4.63. The topological polar surface area (TPSA) is 48.0 Å². The summed E-state index contributed by atoms with van der Waals surface area (Å²) in [7, 11) is -1.48. The highest BCUT2D eigenvalue weighted by Crippen LogP contribution is 2.43. The summed E-state index contributed by atoms with van der Waals surface area (Å²) in [6, 6.07) is 0. The lowest BCUT2D eigenvalue weighted by Gasteiger charge is -2.44. The van der Waals surface area contributed by atoms with Crippen molar-refractivity contribution in [1.29, 1.82) is 0 Å². The summed E-state index contributed by atoms with van der Waals surface area (Å²) in [6.45, 7) is 5.64. The van der Waals surface area contributed by atoms with Crippen LogP contribution in [0.4, 0.5) is 4.79 Å². The summed E-state index contributed by atoms with van der Waals surface area (Å²) in [4.78, 5) is 11.0. The van der Waals surface area contributed by atoms with E-state index < -0.39 is 20.2 Å². The maximum Gasteiger partial charge on any atom is 0.440 e. The molecule has 14 heavy (non-hydrogen) atoms. The van der Waals surface area contributed by atoms with E-state index in [4.69, 9.17) is 20.3 Å². The number of hydrogen-bond donors (Lipinski definition) is 0. The van der Waals surface area contributed by atoms with Gasteiger partial charge in [-0.15, -0.1) is 11.5 Å². The van der Waals surface area contributed by atoms with Gasteiger partial charge >= 0.3 is 6.09 Å². The first-order valence-corrected chi connectivity index (χ1v) is 5.29. The third-order valence-electron chi connectivity index (χ3n) is 1.50. The van der Waals surface area contributed by atoms with Crippen LogP contribution in [0.1, 0.15) is 20.8 Å². The van der Waals surface area contributed by atoms with E-state index in [9.17, 15) is 4.79 Å². The maximum absolute atomic E-state index is 11.0. The molecule has 1 aliphatic rings. The molecule has 78 valence electrons. The van der Waals surface area contributed by atoms with Crippen LogP contribution in [-0.2, 0) is 13.9 Å². The van der Waals surface area contributed by atoms with Gasteiger partial charge in [0.1, 0.15) is 0 Å². The zero-order valence-corrected chi connectivity index (χ0v) is 9.21. The number of cyclic esters (lactones) is 1. The normalized spacial score (nSPS) is 20.7. The lowest BCUT2D eigenvalue weighted by Crippen LogP contribution is -2.60. The SMILES string of the molecule is C#CP(OCC)ON1C(=O)OC1(C)C. The van der Waals surface area contributed by atoms with Crippen LogP contribution in [0, 0.1) is 12.1 Å². The van der Waals surface area contributed by atoms with Crippen molar-refractivity contribution in [3.63, 3.8) is 0 Å². The number of rotatable bonds is 4. The summed E-state index contributed by atoms with van der Waals surface area (Å²) in [5, 5.41) is 1.09. The van der Waals surface area contributed by atoms with E-state index in [1.807, 2.05) is 0 Å². The van der Waals surface area contributed by atoms with Crippen LogP contribution in [0.25, 0.3) is 0 Å². The molecule has 0 aromatic carbocycles. The first-order valence-electron chi connectivity index (χ1n) is 4.12. The Balaban J connectivity index is 2.51. The van der Waals surface area contributed by atoms with Crippen LogP contribution in [0.15, 0.2) is 0 Å². The Labute approximate surface area is 84.2 Å². The summed E-state index contributed by atoms with van der Waals surface area (Å²) < 4.78 is 15.1. The first-order chi connectivity index (χ1) is 6.51. The average Bonchev–Trinajstić information content (AvgIpc) is 2.11. The molecule has 0 spiro atoms. The zero-order chi connectivity index (χ0) is 10.8. The predicted molar refractivity (Wildman–Crippen MR) is 50.9 cm³/mol. The van der Waals surface area contributed by atoms with Crippen LogP contribution < -0.4 is 0 Å². The number of amides is 1. The highest BCUT2D eigenvalue weighted by atomic mass is 31.2. The largest absolute Gasteiger partial charge is 0.440 e. The van der Waals surface area contributed by atoms with Gasteiger partial charge in [-0.3, -0.25) is 0 Å². The fraction of sp³-hybridized carbons (Fsp3) is 0.625. The Morgan fingerprint density at radius 1 is 1.71 bits per heavy atom. The molecule has 1 atom stereocenters.